The van der Waals surface area contributed by atoms with Crippen molar-refractivity contribution in [3.05, 3.63) is 76.7 Å². The minimum absolute atomic E-state index is 0.0586. The quantitative estimate of drug-likeness (QED) is 0.298. The summed E-state index contributed by atoms with van der Waals surface area (Å²) >= 11 is 0. The Balaban J connectivity index is 1.18. The number of halogens is 1. The van der Waals surface area contributed by atoms with E-state index in [1.54, 1.807) is 20.1 Å². The largest absolute Gasteiger partial charge is 0.550 e. The number of piperidine rings is 1. The van der Waals surface area contributed by atoms with Gasteiger partial charge in [0.05, 0.1) is 13.3 Å². The van der Waals surface area contributed by atoms with Gasteiger partial charge in [-0.05, 0) is 116 Å². The van der Waals surface area contributed by atoms with Gasteiger partial charge in [-0.15, -0.1) is 0 Å². The van der Waals surface area contributed by atoms with Crippen molar-refractivity contribution >= 4 is 5.97 Å². The average Bonchev–Trinajstić information content (AvgIpc) is 3.97. The Kier molecular flexibility index (Phi) is 7.40. The third-order valence-electron chi connectivity index (χ3n) is 10.6. The van der Waals surface area contributed by atoms with E-state index in [2.05, 4.69) is 40.2 Å². The molecule has 3 aromatic rings. The highest BCUT2D eigenvalue weighted by Gasteiger charge is 2.44. The van der Waals surface area contributed by atoms with Gasteiger partial charge < -0.3 is 19.4 Å². The number of hydrogen-bond acceptors (Lipinski definition) is 6. The molecule has 0 N–H and O–H groups in total. The van der Waals surface area contributed by atoms with E-state index < -0.39 is 11.9 Å². The summed E-state index contributed by atoms with van der Waals surface area (Å²) in [6.07, 6.45) is 10.1. The standard InChI is InChI=1S/C36H41FN2O4/c1-22(35(40)41)34(24-4-5-24)26-6-3-23-8-10-31(43-32(23)18-26)25-7-9-28(29-19-33(42-2)38-20-30(29)37)27(17-25)21-39-15-13-36(11-12-36)14-16-39/h3,6-7,9,17-20,22,24,31,34H,4-5,8,10-16,21H2,1-2H3,(H,40,41)/p-1/t22-,31?,34-/m0/s1. The van der Waals surface area contributed by atoms with Crippen LogP contribution in [0.2, 0.25) is 0 Å². The Hall–Kier alpha value is -3.45. The molecule has 226 valence electrons. The van der Waals surface area contributed by atoms with E-state index in [4.69, 9.17) is 9.47 Å². The van der Waals surface area contributed by atoms with Gasteiger partial charge in [-0.1, -0.05) is 37.3 Å². The minimum Gasteiger partial charge on any atom is -0.550 e. The van der Waals surface area contributed by atoms with Crippen molar-refractivity contribution in [3.8, 4) is 22.8 Å². The van der Waals surface area contributed by atoms with E-state index in [0.29, 0.717) is 22.8 Å². The first-order valence-electron chi connectivity index (χ1n) is 15.9. The third-order valence-corrected chi connectivity index (χ3v) is 10.6. The Morgan fingerprint density at radius 1 is 1.09 bits per heavy atom. The van der Waals surface area contributed by atoms with Gasteiger partial charge in [-0.2, -0.15) is 0 Å². The van der Waals surface area contributed by atoms with Crippen LogP contribution in [0, 0.1) is 23.1 Å². The van der Waals surface area contributed by atoms with Crippen LogP contribution in [0.5, 0.6) is 11.6 Å². The van der Waals surface area contributed by atoms with E-state index in [1.165, 1.54) is 31.9 Å². The van der Waals surface area contributed by atoms with E-state index in [1.807, 2.05) is 6.07 Å². The number of carboxylic acid groups (broad SMARTS) is 1. The van der Waals surface area contributed by atoms with Crippen LogP contribution in [0.1, 0.15) is 86.1 Å². The van der Waals surface area contributed by atoms with Crippen LogP contribution in [0.15, 0.2) is 48.7 Å². The van der Waals surface area contributed by atoms with Gasteiger partial charge >= 0.3 is 0 Å². The number of methoxy groups -OCH3 is 1. The number of aromatic nitrogens is 1. The topological polar surface area (TPSA) is 74.7 Å². The number of hydrogen-bond donors (Lipinski definition) is 0. The molecular formula is C36H40FN2O4-. The minimum atomic E-state index is -0.995. The molecule has 1 unspecified atom stereocenters. The highest BCUT2D eigenvalue weighted by molar-refractivity contribution is 5.70. The molecule has 6 nitrogen and oxygen atoms in total. The van der Waals surface area contributed by atoms with Crippen molar-refractivity contribution in [3.63, 3.8) is 0 Å². The summed E-state index contributed by atoms with van der Waals surface area (Å²) in [6.45, 7) is 4.64. The fourth-order valence-corrected chi connectivity index (χ4v) is 7.45. The number of fused-ring (bicyclic) bond motifs is 1. The molecule has 2 aliphatic heterocycles. The summed E-state index contributed by atoms with van der Waals surface area (Å²) in [7, 11) is 1.55. The number of nitrogens with zero attached hydrogens (tertiary/aromatic N) is 2. The first-order chi connectivity index (χ1) is 20.8. The van der Waals surface area contributed by atoms with Crippen LogP contribution in [-0.4, -0.2) is 36.1 Å². The maximum Gasteiger partial charge on any atom is 0.213 e. The molecule has 2 saturated carbocycles. The predicted octanol–water partition coefficient (Wildman–Crippen LogP) is 6.22. The zero-order valence-corrected chi connectivity index (χ0v) is 25.1. The van der Waals surface area contributed by atoms with Gasteiger partial charge in [-0.3, -0.25) is 4.90 Å². The third kappa shape index (κ3) is 5.76. The van der Waals surface area contributed by atoms with Gasteiger partial charge in [-0.25, -0.2) is 9.37 Å². The van der Waals surface area contributed by atoms with Crippen LogP contribution in [0.25, 0.3) is 11.1 Å². The van der Waals surface area contributed by atoms with Crippen molar-refractivity contribution in [2.24, 2.45) is 17.3 Å². The van der Waals surface area contributed by atoms with Crippen molar-refractivity contribution in [1.29, 1.82) is 0 Å². The van der Waals surface area contributed by atoms with E-state index in [0.717, 1.165) is 78.9 Å². The molecule has 3 atom stereocenters. The molecule has 0 radical (unpaired) electrons. The van der Waals surface area contributed by atoms with Gasteiger partial charge in [0.1, 0.15) is 17.7 Å². The lowest BCUT2D eigenvalue weighted by Crippen LogP contribution is -2.34. The lowest BCUT2D eigenvalue weighted by Gasteiger charge is -2.33. The number of rotatable bonds is 9. The van der Waals surface area contributed by atoms with E-state index >= 15 is 4.39 Å². The van der Waals surface area contributed by atoms with Gasteiger partial charge in [0, 0.05) is 30.1 Å². The molecule has 2 aromatic carbocycles. The Morgan fingerprint density at radius 2 is 1.88 bits per heavy atom. The molecule has 43 heavy (non-hydrogen) atoms. The molecule has 7 rings (SSSR count). The summed E-state index contributed by atoms with van der Waals surface area (Å²) < 4.78 is 27.1. The average molecular weight is 584 g/mol. The first kappa shape index (κ1) is 28.3. The first-order valence-corrected chi connectivity index (χ1v) is 15.9. The zero-order valence-electron chi connectivity index (χ0n) is 25.1. The molecule has 1 spiro atoms. The SMILES string of the molecule is COc1cc(-c2ccc(C3CCc4ccc([C@H](C5CC5)[C@H](C)C(=O)[O-])cc4O3)cc2CN2CCC3(CC2)CC3)c(F)cn1. The van der Waals surface area contributed by atoms with Crippen molar-refractivity contribution < 1.29 is 23.8 Å². The number of aryl methyl sites for hydroxylation is 1. The predicted molar refractivity (Wildman–Crippen MR) is 160 cm³/mol. The number of pyridine rings is 1. The fourth-order valence-electron chi connectivity index (χ4n) is 7.45. The highest BCUT2D eigenvalue weighted by Crippen LogP contribution is 2.54. The van der Waals surface area contributed by atoms with Gasteiger partial charge in [0.25, 0.3) is 0 Å². The normalized spacial score (nSPS) is 22.3. The van der Waals surface area contributed by atoms with Gasteiger partial charge in [0.2, 0.25) is 5.88 Å². The van der Waals surface area contributed by atoms with E-state index in [9.17, 15) is 9.90 Å². The van der Waals surface area contributed by atoms with Crippen molar-refractivity contribution in [2.45, 2.75) is 76.9 Å². The molecule has 1 saturated heterocycles. The van der Waals surface area contributed by atoms with E-state index in [-0.39, 0.29) is 17.8 Å². The second-order valence-corrected chi connectivity index (χ2v) is 13.4. The zero-order chi connectivity index (χ0) is 29.7. The fraction of sp³-hybridized carbons (Fsp3) is 0.500. The Labute approximate surface area is 253 Å². The molecule has 1 aromatic heterocycles. The molecular weight excluding hydrogens is 543 g/mol. The number of likely N-dealkylation sites (tertiary alicyclic amines) is 1. The van der Waals surface area contributed by atoms with Crippen LogP contribution in [0.3, 0.4) is 0 Å². The molecule has 2 aliphatic carbocycles. The monoisotopic (exact) mass is 583 g/mol. The van der Waals surface area contributed by atoms with Gasteiger partial charge in [0.15, 0.2) is 0 Å². The second kappa shape index (κ2) is 11.2. The molecule has 0 bridgehead atoms. The molecule has 0 amide bonds. The lowest BCUT2D eigenvalue weighted by molar-refractivity contribution is -0.311. The summed E-state index contributed by atoms with van der Waals surface area (Å²) in [6, 6.07) is 14.2. The summed E-state index contributed by atoms with van der Waals surface area (Å²) in [5, 5.41) is 11.8. The Morgan fingerprint density at radius 3 is 2.58 bits per heavy atom. The highest BCUT2D eigenvalue weighted by atomic mass is 19.1. The smallest absolute Gasteiger partial charge is 0.213 e. The lowest BCUT2D eigenvalue weighted by atomic mass is 9.82. The van der Waals surface area contributed by atoms with Crippen LogP contribution >= 0.6 is 0 Å². The van der Waals surface area contributed by atoms with Crippen LogP contribution in [-0.2, 0) is 17.8 Å². The number of carboxylic acids is 1. The van der Waals surface area contributed by atoms with Crippen LogP contribution < -0.4 is 14.6 Å². The summed E-state index contributed by atoms with van der Waals surface area (Å²) in [4.78, 5) is 18.3. The van der Waals surface area contributed by atoms with Crippen LogP contribution in [0.4, 0.5) is 4.39 Å². The maximum atomic E-state index is 15.2. The Bertz CT molecular complexity index is 1520. The molecule has 7 heteroatoms. The van der Waals surface area contributed by atoms with Crippen molar-refractivity contribution in [2.75, 3.05) is 20.2 Å². The number of carbonyl (C=O) groups excluding carboxylic acids is 1. The summed E-state index contributed by atoms with van der Waals surface area (Å²) in [5.74, 6) is -0.348. The molecule has 3 fully saturated rings. The summed E-state index contributed by atoms with van der Waals surface area (Å²) in [5.41, 5.74) is 6.28. The molecule has 3 heterocycles. The van der Waals surface area contributed by atoms with Crippen molar-refractivity contribution in [1.82, 2.24) is 9.88 Å². The molecule has 4 aliphatic rings. The number of carbonyl (C=O) groups is 1. The second-order valence-electron chi connectivity index (χ2n) is 13.4. The number of aliphatic carboxylic acids is 1. The number of benzene rings is 2. The number of ether oxygens (including phenoxy) is 2. The maximum absolute atomic E-state index is 15.2.